The van der Waals surface area contributed by atoms with Crippen molar-refractivity contribution in [2.75, 3.05) is 45.0 Å². The maximum Gasteiger partial charge on any atom is 0.263 e. The summed E-state index contributed by atoms with van der Waals surface area (Å²) < 4.78 is 1.48. The molecule has 1 atom stereocenters. The van der Waals surface area contributed by atoms with Gasteiger partial charge in [-0.05, 0) is 100 Å². The van der Waals surface area contributed by atoms with E-state index in [4.69, 9.17) is 0 Å². The Morgan fingerprint density at radius 2 is 1.61 bits per heavy atom. The summed E-state index contributed by atoms with van der Waals surface area (Å²) in [7, 11) is 0. The van der Waals surface area contributed by atoms with E-state index in [1.807, 2.05) is 18.2 Å². The first-order chi connectivity index (χ1) is 19.9. The molecule has 2 aromatic rings. The summed E-state index contributed by atoms with van der Waals surface area (Å²) in [5.41, 5.74) is 1.14. The number of fused-ring (bicyclic) bond motifs is 1. The summed E-state index contributed by atoms with van der Waals surface area (Å²) >= 11 is 1.70. The van der Waals surface area contributed by atoms with E-state index < -0.39 is 11.9 Å². The normalized spacial score (nSPS) is 32.1. The highest BCUT2D eigenvalue weighted by molar-refractivity contribution is 7.99. The highest BCUT2D eigenvalue weighted by Gasteiger charge is 2.50. The van der Waals surface area contributed by atoms with Crippen LogP contribution < -0.4 is 10.9 Å². The topological polar surface area (TPSA) is 87.5 Å². The molecule has 1 aromatic carbocycles. The van der Waals surface area contributed by atoms with Gasteiger partial charge in [0.25, 0.3) is 5.56 Å². The number of hydrogen-bond donors (Lipinski definition) is 1. The Hall–Kier alpha value is -2.23. The van der Waals surface area contributed by atoms with E-state index in [1.54, 1.807) is 18.7 Å². The average Bonchev–Trinajstić information content (AvgIpc) is 2.93. The predicted octanol–water partition coefficient (Wildman–Crippen LogP) is 4.00. The number of piperazine rings is 1. The Balaban J connectivity index is 0.940. The van der Waals surface area contributed by atoms with Crippen molar-refractivity contribution in [3.63, 3.8) is 0 Å². The molecule has 0 radical (unpaired) electrons. The molecule has 2 aliphatic heterocycles. The molecule has 4 saturated carbocycles. The van der Waals surface area contributed by atoms with E-state index in [2.05, 4.69) is 20.1 Å². The van der Waals surface area contributed by atoms with E-state index in [0.717, 1.165) is 61.1 Å². The number of nitrogens with zero attached hydrogens (tertiary/aromatic N) is 4. The fraction of sp³-hybridized carbons (Fsp3) is 0.688. The molecular formula is C32H43N5O3S. The number of rotatable bonds is 8. The second-order valence-corrected chi connectivity index (χ2v) is 14.8. The summed E-state index contributed by atoms with van der Waals surface area (Å²) in [6.45, 7) is 8.56. The van der Waals surface area contributed by atoms with Crippen LogP contribution in [0.5, 0.6) is 0 Å². The van der Waals surface area contributed by atoms with Gasteiger partial charge in [-0.2, -0.15) is 0 Å². The minimum Gasteiger partial charge on any atom is -0.301 e. The summed E-state index contributed by atoms with van der Waals surface area (Å²) in [6.07, 6.45) is 11.1. The smallest absolute Gasteiger partial charge is 0.263 e. The van der Waals surface area contributed by atoms with E-state index in [0.29, 0.717) is 28.6 Å². The molecule has 6 fully saturated rings. The van der Waals surface area contributed by atoms with Gasteiger partial charge < -0.3 is 4.90 Å². The molecule has 0 spiro atoms. The molecule has 2 saturated heterocycles. The van der Waals surface area contributed by atoms with E-state index >= 15 is 0 Å². The number of carbonyl (C=O) groups is 2. The van der Waals surface area contributed by atoms with Crippen molar-refractivity contribution in [1.82, 2.24) is 24.7 Å². The first-order valence-corrected chi connectivity index (χ1v) is 16.8. The van der Waals surface area contributed by atoms with Gasteiger partial charge in [0.1, 0.15) is 11.9 Å². The molecule has 1 aromatic heterocycles. The van der Waals surface area contributed by atoms with Crippen molar-refractivity contribution in [2.45, 2.75) is 75.6 Å². The van der Waals surface area contributed by atoms with Crippen molar-refractivity contribution in [1.29, 1.82) is 0 Å². The number of piperidine rings is 1. The second-order valence-electron chi connectivity index (χ2n) is 13.7. The number of benzene rings is 1. The van der Waals surface area contributed by atoms with Crippen LogP contribution in [0, 0.1) is 30.1 Å². The number of thioether (sulfide) groups is 1. The number of amides is 2. The zero-order valence-corrected chi connectivity index (χ0v) is 25.1. The monoisotopic (exact) mass is 577 g/mol. The van der Waals surface area contributed by atoms with Crippen molar-refractivity contribution < 1.29 is 9.59 Å². The third-order valence-electron chi connectivity index (χ3n) is 10.8. The molecule has 4 bridgehead atoms. The third-order valence-corrected chi connectivity index (χ3v) is 11.9. The highest BCUT2D eigenvalue weighted by atomic mass is 32.2. The molecule has 1 N–H and O–H groups in total. The van der Waals surface area contributed by atoms with Gasteiger partial charge >= 0.3 is 0 Å². The third kappa shape index (κ3) is 5.50. The highest BCUT2D eigenvalue weighted by Crippen LogP contribution is 2.61. The lowest BCUT2D eigenvalue weighted by Gasteiger charge is -2.57. The minimum absolute atomic E-state index is 0.197. The number of nitrogens with one attached hydrogen (secondary N) is 1. The molecule has 6 aliphatic rings. The van der Waals surface area contributed by atoms with Gasteiger partial charge in [-0.3, -0.25) is 29.2 Å². The van der Waals surface area contributed by atoms with Gasteiger partial charge in [-0.15, -0.1) is 11.8 Å². The van der Waals surface area contributed by atoms with Crippen molar-refractivity contribution >= 4 is 34.5 Å². The van der Waals surface area contributed by atoms with Gasteiger partial charge in [0, 0.05) is 49.8 Å². The number of imide groups is 1. The van der Waals surface area contributed by atoms with Crippen LogP contribution >= 0.6 is 11.8 Å². The van der Waals surface area contributed by atoms with E-state index in [-0.39, 0.29) is 17.9 Å². The molecule has 4 aliphatic carbocycles. The summed E-state index contributed by atoms with van der Waals surface area (Å²) in [5.74, 6) is 3.81. The predicted molar refractivity (Wildman–Crippen MR) is 161 cm³/mol. The Kier molecular flexibility index (Phi) is 7.48. The lowest BCUT2D eigenvalue weighted by molar-refractivity contribution is -0.135. The second kappa shape index (κ2) is 11.1. The van der Waals surface area contributed by atoms with E-state index in [1.165, 1.54) is 56.1 Å². The quantitative estimate of drug-likeness (QED) is 0.375. The maximum absolute atomic E-state index is 13.7. The van der Waals surface area contributed by atoms with Crippen molar-refractivity contribution in [2.24, 2.45) is 23.2 Å². The molecule has 220 valence electrons. The molecule has 9 heteroatoms. The summed E-state index contributed by atoms with van der Waals surface area (Å²) in [4.78, 5) is 48.8. The Morgan fingerprint density at radius 3 is 2.27 bits per heavy atom. The molecule has 41 heavy (non-hydrogen) atoms. The van der Waals surface area contributed by atoms with E-state index in [9.17, 15) is 14.4 Å². The van der Waals surface area contributed by atoms with Gasteiger partial charge in [0.05, 0.1) is 10.9 Å². The summed E-state index contributed by atoms with van der Waals surface area (Å²) in [6, 6.07) is 5.11. The summed E-state index contributed by atoms with van der Waals surface area (Å²) in [5, 5.41) is 2.95. The van der Waals surface area contributed by atoms with Crippen molar-refractivity contribution in [3.05, 3.63) is 34.4 Å². The molecule has 8 rings (SSSR count). The van der Waals surface area contributed by atoms with Crippen LogP contribution in [0.15, 0.2) is 27.9 Å². The van der Waals surface area contributed by atoms with Crippen LogP contribution in [0.25, 0.3) is 10.9 Å². The first kappa shape index (κ1) is 27.6. The minimum atomic E-state index is -0.700. The van der Waals surface area contributed by atoms with Crippen LogP contribution in [0.3, 0.4) is 0 Å². The zero-order chi connectivity index (χ0) is 28.1. The number of aryl methyl sites for hydroxylation is 1. The molecule has 3 heterocycles. The molecular weight excluding hydrogens is 534 g/mol. The standard InChI is InChI=1S/C32H43N5O3S/c1-21-33-25-3-2-4-27(29(25)31(40)37(21)26-5-6-28(38)34-30(26)39)41-14-13-36-11-9-35(10-12-36)8-7-32-18-22-15-23(19-32)17-24(16-22)20-32/h2-4,22-24,26H,5-20H2,1H3,(H,34,38,39). The molecule has 2 amide bonds. The maximum atomic E-state index is 13.7. The van der Waals surface area contributed by atoms with Gasteiger partial charge in [-0.1, -0.05) is 6.07 Å². The van der Waals surface area contributed by atoms with Crippen LogP contribution in [-0.2, 0) is 9.59 Å². The Labute approximate surface area is 246 Å². The Bertz CT molecular complexity index is 1360. The number of hydrogen-bond acceptors (Lipinski definition) is 7. The molecule has 8 nitrogen and oxygen atoms in total. The van der Waals surface area contributed by atoms with Gasteiger partial charge in [0.2, 0.25) is 11.8 Å². The number of carbonyl (C=O) groups excluding carboxylic acids is 2. The van der Waals surface area contributed by atoms with Crippen LogP contribution in [0.2, 0.25) is 0 Å². The lowest BCUT2D eigenvalue weighted by Crippen LogP contribution is -2.50. The average molecular weight is 578 g/mol. The zero-order valence-electron chi connectivity index (χ0n) is 24.3. The Morgan fingerprint density at radius 1 is 0.951 bits per heavy atom. The lowest BCUT2D eigenvalue weighted by atomic mass is 9.49. The first-order valence-electron chi connectivity index (χ1n) is 15.8. The fourth-order valence-corrected chi connectivity index (χ4v) is 10.3. The van der Waals surface area contributed by atoms with Crippen LogP contribution in [0.1, 0.15) is 69.7 Å². The molecule has 1 unspecified atom stereocenters. The largest absolute Gasteiger partial charge is 0.301 e. The van der Waals surface area contributed by atoms with Gasteiger partial charge in [-0.25, -0.2) is 4.98 Å². The SMILES string of the molecule is Cc1nc2cccc(SCCN3CCN(CCC45CC6CC(CC(C6)C4)C5)CC3)c2c(=O)n1C1CCC(=O)NC1=O. The fourth-order valence-electron chi connectivity index (χ4n) is 9.25. The van der Waals surface area contributed by atoms with Crippen molar-refractivity contribution in [3.8, 4) is 0 Å². The van der Waals surface area contributed by atoms with Crippen LogP contribution in [-0.4, -0.2) is 76.2 Å². The van der Waals surface area contributed by atoms with Gasteiger partial charge in [0.15, 0.2) is 0 Å². The number of aromatic nitrogens is 2. The van der Waals surface area contributed by atoms with Crippen LogP contribution in [0.4, 0.5) is 0 Å².